The lowest BCUT2D eigenvalue weighted by molar-refractivity contribution is -0.265. The van der Waals surface area contributed by atoms with Crippen LogP contribution in [0.5, 0.6) is 0 Å². The molecule has 2 saturated heterocycles. The number of cyclic esters (lactones) is 1. The van der Waals surface area contributed by atoms with E-state index in [0.717, 1.165) is 31.3 Å². The number of aliphatic hydroxyl groups excluding tert-OH is 1. The number of nitrogens with zero attached hydrogens (tertiary/aromatic N) is 1. The molecule has 3 heterocycles. The lowest BCUT2D eigenvalue weighted by Crippen LogP contribution is -2.60. The van der Waals surface area contributed by atoms with Gasteiger partial charge in [-0.3, -0.25) is 19.2 Å². The van der Waals surface area contributed by atoms with Gasteiger partial charge in [-0.25, -0.2) is 4.79 Å². The summed E-state index contributed by atoms with van der Waals surface area (Å²) in [6, 6.07) is -1.12. The SMILES string of the molecule is CCOCCO[C@@H]1CC[C@@H](C[C@@H](C)C[C@@H]2CC(=O)[C@H](C)/C=C(\C)[C@@H](O)[C@@H](OC)C(=O)[C@H](C)C[C@H](C)C=C/C=C/C=C(\C)C(OC)C[C@@H]3CC[C@@H](C)[C@@](O)(O3)C(=O)C(=O)N3CCCC[C@H]3C(=O)O2)C[C@H]1OC. The maximum absolute atomic E-state index is 14.5. The molecule has 0 radical (unpaired) electrons. The molecule has 1 aliphatic carbocycles. The average Bonchev–Trinajstić information content (AvgIpc) is 3.34. The first-order valence-electron chi connectivity index (χ1n) is 26.5. The maximum atomic E-state index is 14.5. The van der Waals surface area contributed by atoms with Crippen LogP contribution in [0.3, 0.4) is 0 Å². The van der Waals surface area contributed by atoms with Gasteiger partial charge in [0.15, 0.2) is 5.78 Å². The topological polar surface area (TPSA) is 194 Å². The number of ketones is 3. The zero-order chi connectivity index (χ0) is 52.4. The van der Waals surface area contributed by atoms with Crippen molar-refractivity contribution >= 4 is 29.2 Å². The van der Waals surface area contributed by atoms with Crippen molar-refractivity contribution in [1.29, 1.82) is 0 Å². The van der Waals surface area contributed by atoms with Gasteiger partial charge >= 0.3 is 5.97 Å². The van der Waals surface area contributed by atoms with E-state index < -0.39 is 77.8 Å². The number of rotatable bonds is 12. The highest BCUT2D eigenvalue weighted by Gasteiger charge is 2.53. The molecule has 4 aliphatic rings. The molecule has 15 atom stereocenters. The van der Waals surface area contributed by atoms with Crippen molar-refractivity contribution < 1.29 is 67.3 Å². The van der Waals surface area contributed by atoms with E-state index in [-0.39, 0.29) is 55.0 Å². The van der Waals surface area contributed by atoms with E-state index in [1.165, 1.54) is 12.0 Å². The Labute approximate surface area is 424 Å². The summed E-state index contributed by atoms with van der Waals surface area (Å²) < 4.78 is 41.4. The van der Waals surface area contributed by atoms with Crippen molar-refractivity contribution in [1.82, 2.24) is 4.90 Å². The van der Waals surface area contributed by atoms with Crippen LogP contribution in [0.1, 0.15) is 139 Å². The van der Waals surface area contributed by atoms with Gasteiger partial charge in [0.2, 0.25) is 5.79 Å². The number of carbonyl (C=O) groups is 5. The van der Waals surface area contributed by atoms with Crippen LogP contribution in [-0.2, 0) is 57.1 Å². The van der Waals surface area contributed by atoms with Crippen molar-refractivity contribution in [2.45, 2.75) is 193 Å². The summed E-state index contributed by atoms with van der Waals surface area (Å²) in [5, 5.41) is 23.5. The zero-order valence-electron chi connectivity index (χ0n) is 44.8. The molecule has 0 aromatic carbocycles. The van der Waals surface area contributed by atoms with E-state index in [4.69, 9.17) is 33.2 Å². The number of hydrogen-bond acceptors (Lipinski definition) is 14. The summed E-state index contributed by atoms with van der Waals surface area (Å²) in [5.41, 5.74) is 1.28. The number of esters is 1. The van der Waals surface area contributed by atoms with Gasteiger partial charge in [0, 0.05) is 65.1 Å². The Morgan fingerprint density at radius 2 is 1.58 bits per heavy atom. The fraction of sp³-hybridized carbons (Fsp3) is 0.768. The molecule has 2 bridgehead atoms. The second kappa shape index (κ2) is 29.5. The molecule has 0 aromatic rings. The number of amides is 1. The molecule has 71 heavy (non-hydrogen) atoms. The van der Waals surface area contributed by atoms with Gasteiger partial charge in [0.05, 0.1) is 37.6 Å². The number of allylic oxidation sites excluding steroid dienone is 6. The van der Waals surface area contributed by atoms with Crippen LogP contribution in [0, 0.1) is 35.5 Å². The van der Waals surface area contributed by atoms with Gasteiger partial charge in [-0.1, -0.05) is 71.1 Å². The summed E-state index contributed by atoms with van der Waals surface area (Å²) in [7, 11) is 4.67. The van der Waals surface area contributed by atoms with Gasteiger partial charge < -0.3 is 48.3 Å². The molecule has 0 aromatic heterocycles. The number of aliphatic hydroxyl groups is 2. The van der Waals surface area contributed by atoms with Crippen LogP contribution in [0.4, 0.5) is 0 Å². The Kier molecular flexibility index (Phi) is 25.0. The number of ether oxygens (including phenoxy) is 7. The summed E-state index contributed by atoms with van der Waals surface area (Å²) in [6.07, 6.45) is 13.4. The Morgan fingerprint density at radius 3 is 2.27 bits per heavy atom. The van der Waals surface area contributed by atoms with Crippen LogP contribution in [-0.4, -0.2) is 147 Å². The average molecular weight is 1000 g/mol. The van der Waals surface area contributed by atoms with E-state index in [1.54, 1.807) is 41.1 Å². The van der Waals surface area contributed by atoms with Gasteiger partial charge in [0.1, 0.15) is 30.1 Å². The molecule has 3 aliphatic heterocycles. The Bertz CT molecular complexity index is 1860. The molecular formula is C56H89NO14. The Morgan fingerprint density at radius 1 is 0.831 bits per heavy atom. The van der Waals surface area contributed by atoms with E-state index in [1.807, 2.05) is 58.1 Å². The van der Waals surface area contributed by atoms with Crippen LogP contribution >= 0.6 is 0 Å². The largest absolute Gasteiger partial charge is 0.460 e. The first-order chi connectivity index (χ1) is 33.8. The number of hydrogen-bond donors (Lipinski definition) is 2. The first-order valence-corrected chi connectivity index (χ1v) is 26.5. The number of methoxy groups -OCH3 is 3. The van der Waals surface area contributed by atoms with Gasteiger partial charge in [-0.15, -0.1) is 0 Å². The van der Waals surface area contributed by atoms with Crippen molar-refractivity contribution in [3.8, 4) is 0 Å². The van der Waals surface area contributed by atoms with Crippen LogP contribution in [0.25, 0.3) is 0 Å². The highest BCUT2D eigenvalue weighted by Crippen LogP contribution is 2.38. The number of piperidine rings is 1. The number of Topliss-reactive ketones (excluding diaryl/α,β-unsaturated/α-hetero) is 3. The number of fused-ring (bicyclic) bond motifs is 3. The lowest BCUT2D eigenvalue weighted by Gasteiger charge is -2.42. The summed E-state index contributed by atoms with van der Waals surface area (Å²) in [4.78, 5) is 72.2. The molecule has 1 unspecified atom stereocenters. The molecule has 402 valence electrons. The lowest BCUT2D eigenvalue weighted by atomic mass is 9.79. The molecule has 3 fully saturated rings. The fourth-order valence-electron chi connectivity index (χ4n) is 11.0. The van der Waals surface area contributed by atoms with Crippen molar-refractivity contribution in [3.05, 3.63) is 47.6 Å². The van der Waals surface area contributed by atoms with Crippen LogP contribution in [0.2, 0.25) is 0 Å². The standard InChI is InChI=1S/C56H89NO14/c1-12-68-26-27-69-47-24-22-42(32-49(47)66-10)29-36(3)30-44-33-46(58)38(5)31-40(7)51(60)52(67-11)50(59)39(6)28-35(2)18-14-13-15-19-37(4)48(65-9)34-43-23-21-41(8)56(64,71-43)53(61)54(62)57-25-17-16-20-45(57)55(63)70-44/h13-15,18-19,31,35-36,38-39,41-45,47-49,51-52,60,64H,12,16-17,20-30,32-34H2,1-11H3/b15-13+,18-14?,37-19+,40-31+/t35-,36-,38-,39-,41-,42+,43+,44-,45+,47-,48?,49-,51-,52+,56-/m1/s1. The highest BCUT2D eigenvalue weighted by molar-refractivity contribution is 6.39. The third kappa shape index (κ3) is 17.3. The zero-order valence-corrected chi connectivity index (χ0v) is 44.8. The smallest absolute Gasteiger partial charge is 0.329 e. The number of carbonyl (C=O) groups excluding carboxylic acids is 5. The molecule has 1 amide bonds. The molecule has 1 saturated carbocycles. The van der Waals surface area contributed by atoms with Crippen molar-refractivity contribution in [2.24, 2.45) is 35.5 Å². The minimum absolute atomic E-state index is 0.00560. The van der Waals surface area contributed by atoms with Gasteiger partial charge in [-0.05, 0) is 120 Å². The second-order valence-electron chi connectivity index (χ2n) is 21.1. The Hall–Kier alpha value is -3.41. The molecule has 15 nitrogen and oxygen atoms in total. The van der Waals surface area contributed by atoms with Gasteiger partial charge in [0.25, 0.3) is 11.7 Å². The quantitative estimate of drug-likeness (QED) is 0.0839. The van der Waals surface area contributed by atoms with E-state index in [9.17, 15) is 34.2 Å². The van der Waals surface area contributed by atoms with E-state index in [0.29, 0.717) is 76.3 Å². The molecular weight excluding hydrogens is 911 g/mol. The summed E-state index contributed by atoms with van der Waals surface area (Å²) in [6.45, 7) is 16.6. The summed E-state index contributed by atoms with van der Waals surface area (Å²) in [5.74, 6) is -7.33. The monoisotopic (exact) mass is 1000 g/mol. The van der Waals surface area contributed by atoms with Gasteiger partial charge in [-0.2, -0.15) is 0 Å². The van der Waals surface area contributed by atoms with Crippen LogP contribution < -0.4 is 0 Å². The predicted molar refractivity (Wildman–Crippen MR) is 270 cm³/mol. The maximum Gasteiger partial charge on any atom is 0.329 e. The second-order valence-corrected chi connectivity index (χ2v) is 21.1. The molecule has 15 heteroatoms. The predicted octanol–water partition coefficient (Wildman–Crippen LogP) is 7.63. The molecule has 4 rings (SSSR count). The molecule has 0 spiro atoms. The minimum Gasteiger partial charge on any atom is -0.460 e. The molecule has 2 N–H and O–H groups in total. The fourth-order valence-corrected chi connectivity index (χ4v) is 11.0. The van der Waals surface area contributed by atoms with E-state index >= 15 is 0 Å². The third-order valence-electron chi connectivity index (χ3n) is 15.3. The third-order valence-corrected chi connectivity index (χ3v) is 15.3. The van der Waals surface area contributed by atoms with Crippen molar-refractivity contribution in [3.63, 3.8) is 0 Å². The highest BCUT2D eigenvalue weighted by atomic mass is 16.6. The normalized spacial score (nSPS) is 37.6. The van der Waals surface area contributed by atoms with E-state index in [2.05, 4.69) is 6.92 Å². The Balaban J connectivity index is 1.65. The van der Waals surface area contributed by atoms with Crippen LogP contribution in [0.15, 0.2) is 47.6 Å². The minimum atomic E-state index is -2.42. The first kappa shape index (κ1) is 60.1. The summed E-state index contributed by atoms with van der Waals surface area (Å²) >= 11 is 0. The van der Waals surface area contributed by atoms with Crippen molar-refractivity contribution in [2.75, 3.05) is 47.7 Å².